The summed E-state index contributed by atoms with van der Waals surface area (Å²) in [5, 5.41) is 2.84. The summed E-state index contributed by atoms with van der Waals surface area (Å²) in [5.41, 5.74) is 1.62. The Labute approximate surface area is 144 Å². The lowest BCUT2D eigenvalue weighted by molar-refractivity contribution is -0.136. The summed E-state index contributed by atoms with van der Waals surface area (Å²) in [6.45, 7) is 0. The molecular formula is C20H16FNO3. The largest absolute Gasteiger partial charge is 0.466 e. The molecule has 4 nitrogen and oxygen atoms in total. The first-order valence-corrected chi connectivity index (χ1v) is 8.07. The maximum Gasteiger partial charge on any atom is 0.335 e. The average Bonchev–Trinajstić information content (AvgIpc) is 3.02. The summed E-state index contributed by atoms with van der Waals surface area (Å²) in [6.07, 6.45) is 0.899. The Morgan fingerprint density at radius 3 is 2.52 bits per heavy atom. The molecule has 1 aliphatic heterocycles. The van der Waals surface area contributed by atoms with Crippen LogP contribution in [0.3, 0.4) is 0 Å². The van der Waals surface area contributed by atoms with Gasteiger partial charge in [0.15, 0.2) is 0 Å². The summed E-state index contributed by atoms with van der Waals surface area (Å²) < 4.78 is 19.6. The van der Waals surface area contributed by atoms with Crippen LogP contribution >= 0.6 is 0 Å². The SMILES string of the molecule is COC(=O)C1=C2NC(=O)c3ccccc3C2(c2ccccc2F)CC1. The normalized spacial score (nSPS) is 21.4. The number of carbonyl (C=O) groups is 2. The molecule has 1 N–H and O–H groups in total. The zero-order valence-electron chi connectivity index (χ0n) is 13.6. The number of ether oxygens (including phenoxy) is 1. The van der Waals surface area contributed by atoms with E-state index < -0.39 is 11.4 Å². The van der Waals surface area contributed by atoms with E-state index in [1.807, 2.05) is 12.1 Å². The highest BCUT2D eigenvalue weighted by molar-refractivity contribution is 6.02. The smallest absolute Gasteiger partial charge is 0.335 e. The van der Waals surface area contributed by atoms with Crippen molar-refractivity contribution < 1.29 is 18.7 Å². The summed E-state index contributed by atoms with van der Waals surface area (Å²) in [5.74, 6) is -1.15. The van der Waals surface area contributed by atoms with E-state index in [-0.39, 0.29) is 11.7 Å². The monoisotopic (exact) mass is 337 g/mol. The van der Waals surface area contributed by atoms with Crippen LogP contribution in [0.15, 0.2) is 59.8 Å². The van der Waals surface area contributed by atoms with Crippen LogP contribution in [0, 0.1) is 5.82 Å². The fourth-order valence-electron chi connectivity index (χ4n) is 4.05. The van der Waals surface area contributed by atoms with Crippen LogP contribution in [-0.4, -0.2) is 19.0 Å². The second-order valence-corrected chi connectivity index (χ2v) is 6.23. The number of carbonyl (C=O) groups excluding carboxylic acids is 2. The van der Waals surface area contributed by atoms with Crippen molar-refractivity contribution in [2.75, 3.05) is 7.11 Å². The molecular weight excluding hydrogens is 321 g/mol. The zero-order valence-corrected chi connectivity index (χ0v) is 13.6. The first-order valence-electron chi connectivity index (χ1n) is 8.07. The van der Waals surface area contributed by atoms with E-state index in [2.05, 4.69) is 5.32 Å². The molecule has 0 bridgehead atoms. The summed E-state index contributed by atoms with van der Waals surface area (Å²) in [7, 11) is 1.30. The van der Waals surface area contributed by atoms with Gasteiger partial charge in [-0.1, -0.05) is 36.4 Å². The van der Waals surface area contributed by atoms with E-state index in [1.165, 1.54) is 13.2 Å². The van der Waals surface area contributed by atoms with Crippen molar-refractivity contribution in [2.24, 2.45) is 0 Å². The van der Waals surface area contributed by atoms with Gasteiger partial charge in [0, 0.05) is 16.8 Å². The predicted octanol–water partition coefficient (Wildman–Crippen LogP) is 3.08. The Bertz CT molecular complexity index is 934. The summed E-state index contributed by atoms with van der Waals surface area (Å²) >= 11 is 0. The number of rotatable bonds is 2. The molecule has 2 aromatic carbocycles. The molecule has 126 valence electrons. The van der Waals surface area contributed by atoms with Crippen molar-refractivity contribution >= 4 is 11.9 Å². The lowest BCUT2D eigenvalue weighted by atomic mass is 9.68. The number of fused-ring (bicyclic) bond motifs is 3. The predicted molar refractivity (Wildman–Crippen MR) is 89.4 cm³/mol. The molecule has 0 spiro atoms. The number of benzene rings is 2. The van der Waals surface area contributed by atoms with Gasteiger partial charge in [-0.15, -0.1) is 0 Å². The number of methoxy groups -OCH3 is 1. The minimum Gasteiger partial charge on any atom is -0.466 e. The van der Waals surface area contributed by atoms with E-state index in [9.17, 15) is 14.0 Å². The van der Waals surface area contributed by atoms with Gasteiger partial charge in [0.05, 0.1) is 18.1 Å². The van der Waals surface area contributed by atoms with Crippen molar-refractivity contribution in [3.8, 4) is 0 Å². The van der Waals surface area contributed by atoms with E-state index in [4.69, 9.17) is 4.74 Å². The molecule has 0 saturated carbocycles. The number of amides is 1. The summed E-state index contributed by atoms with van der Waals surface area (Å²) in [4.78, 5) is 24.8. The highest BCUT2D eigenvalue weighted by Gasteiger charge is 2.51. The molecule has 1 atom stereocenters. The van der Waals surface area contributed by atoms with Crippen LogP contribution in [-0.2, 0) is 14.9 Å². The van der Waals surface area contributed by atoms with Gasteiger partial charge in [-0.2, -0.15) is 0 Å². The minimum absolute atomic E-state index is 0.291. The van der Waals surface area contributed by atoms with Gasteiger partial charge in [0.1, 0.15) is 5.82 Å². The van der Waals surface area contributed by atoms with Crippen LogP contribution in [0.2, 0.25) is 0 Å². The number of hydrogen-bond acceptors (Lipinski definition) is 3. The number of nitrogens with one attached hydrogen (secondary N) is 1. The molecule has 1 unspecified atom stereocenters. The second-order valence-electron chi connectivity index (χ2n) is 6.23. The van der Waals surface area contributed by atoms with Gasteiger partial charge in [-0.3, -0.25) is 4.79 Å². The Hall–Kier alpha value is -2.95. The van der Waals surface area contributed by atoms with Gasteiger partial charge in [-0.05, 0) is 30.5 Å². The van der Waals surface area contributed by atoms with Crippen molar-refractivity contribution in [1.29, 1.82) is 0 Å². The maximum absolute atomic E-state index is 14.8. The van der Waals surface area contributed by atoms with E-state index in [1.54, 1.807) is 30.3 Å². The highest BCUT2D eigenvalue weighted by Crippen LogP contribution is 2.52. The number of esters is 1. The molecule has 2 aliphatic rings. The maximum atomic E-state index is 14.8. The molecule has 25 heavy (non-hydrogen) atoms. The minimum atomic E-state index is -0.890. The van der Waals surface area contributed by atoms with Crippen LogP contribution in [0.25, 0.3) is 0 Å². The van der Waals surface area contributed by atoms with Crippen LogP contribution in [0.4, 0.5) is 4.39 Å². The Kier molecular flexibility index (Phi) is 3.46. The molecule has 0 saturated heterocycles. The van der Waals surface area contributed by atoms with Crippen LogP contribution < -0.4 is 5.32 Å². The third-order valence-corrected chi connectivity index (χ3v) is 5.11. The number of halogens is 1. The van der Waals surface area contributed by atoms with Crippen LogP contribution in [0.1, 0.15) is 34.3 Å². The van der Waals surface area contributed by atoms with Gasteiger partial charge in [0.25, 0.3) is 5.91 Å². The first kappa shape index (κ1) is 15.6. The summed E-state index contributed by atoms with van der Waals surface area (Å²) in [6, 6.07) is 13.7. The number of hydrogen-bond donors (Lipinski definition) is 1. The molecule has 4 rings (SSSR count). The molecule has 1 aliphatic carbocycles. The Morgan fingerprint density at radius 2 is 1.80 bits per heavy atom. The molecule has 0 radical (unpaired) electrons. The van der Waals surface area contributed by atoms with Gasteiger partial charge >= 0.3 is 5.97 Å². The molecule has 1 amide bonds. The van der Waals surface area contributed by atoms with Crippen molar-refractivity contribution in [2.45, 2.75) is 18.3 Å². The Morgan fingerprint density at radius 1 is 1.12 bits per heavy atom. The van der Waals surface area contributed by atoms with E-state index in [0.717, 1.165) is 5.56 Å². The van der Waals surface area contributed by atoms with E-state index in [0.29, 0.717) is 35.2 Å². The average molecular weight is 337 g/mol. The van der Waals surface area contributed by atoms with E-state index >= 15 is 0 Å². The molecule has 0 fully saturated rings. The molecule has 1 heterocycles. The molecule has 2 aromatic rings. The van der Waals surface area contributed by atoms with Gasteiger partial charge in [0.2, 0.25) is 0 Å². The van der Waals surface area contributed by atoms with Crippen molar-refractivity contribution in [1.82, 2.24) is 5.32 Å². The molecule has 5 heteroatoms. The third-order valence-electron chi connectivity index (χ3n) is 5.11. The Balaban J connectivity index is 2.08. The number of allylic oxidation sites excluding steroid dienone is 1. The third kappa shape index (κ3) is 2.05. The van der Waals surface area contributed by atoms with Gasteiger partial charge in [-0.25, -0.2) is 9.18 Å². The van der Waals surface area contributed by atoms with Crippen LogP contribution in [0.5, 0.6) is 0 Å². The first-order chi connectivity index (χ1) is 12.1. The second kappa shape index (κ2) is 5.55. The lowest BCUT2D eigenvalue weighted by Crippen LogP contribution is -2.44. The highest BCUT2D eigenvalue weighted by atomic mass is 19.1. The topological polar surface area (TPSA) is 55.4 Å². The standard InChI is InChI=1S/C20H16FNO3/c1-25-19(24)13-10-11-20(15-8-4-5-9-16(15)21)14-7-3-2-6-12(14)18(23)22-17(13)20/h2-9H,10-11H2,1H3,(H,22,23). The lowest BCUT2D eigenvalue weighted by Gasteiger charge is -2.39. The zero-order chi connectivity index (χ0) is 17.6. The fourth-order valence-corrected chi connectivity index (χ4v) is 4.05. The quantitative estimate of drug-likeness (QED) is 0.857. The van der Waals surface area contributed by atoms with Gasteiger partial charge < -0.3 is 10.1 Å². The van der Waals surface area contributed by atoms with Crippen molar-refractivity contribution in [3.63, 3.8) is 0 Å². The molecule has 0 aromatic heterocycles. The fraction of sp³-hybridized carbons (Fsp3) is 0.200. The van der Waals surface area contributed by atoms with Crippen molar-refractivity contribution in [3.05, 3.63) is 82.3 Å².